The Kier molecular flexibility index (Phi) is 7.17. The number of nitrogens with one attached hydrogen (secondary N) is 2. The van der Waals surface area contributed by atoms with Gasteiger partial charge in [-0.3, -0.25) is 0 Å². The van der Waals surface area contributed by atoms with E-state index in [-0.39, 0.29) is 10.2 Å². The minimum Gasteiger partial charge on any atom is -0.443 e. The monoisotopic (exact) mass is 591 g/mol. The van der Waals surface area contributed by atoms with E-state index < -0.39 is 26.1 Å². The van der Waals surface area contributed by atoms with Gasteiger partial charge in [0.25, 0.3) is 20.0 Å². The molecule has 0 saturated heterocycles. The van der Waals surface area contributed by atoms with Crippen LogP contribution < -0.4 is 15.2 Å². The van der Waals surface area contributed by atoms with E-state index in [2.05, 4.69) is 21.2 Å². The molecule has 5 aromatic rings. The van der Waals surface area contributed by atoms with Crippen LogP contribution in [0.5, 0.6) is 0 Å². The van der Waals surface area contributed by atoms with Gasteiger partial charge < -0.3 is 14.2 Å². The lowest BCUT2D eigenvalue weighted by molar-refractivity contribution is 0.256. The topological polar surface area (TPSA) is 162 Å². The minimum absolute atomic E-state index is 0.200. The Morgan fingerprint density at radius 1 is 0.750 bits per heavy atom. The molecule has 0 unspecified atom stereocenters. The number of benzene rings is 3. The van der Waals surface area contributed by atoms with Crippen LogP contribution in [0.25, 0.3) is 21.9 Å². The normalized spacial score (nSPS) is 11.6. The molecule has 0 fully saturated rings. The van der Waals surface area contributed by atoms with Gasteiger partial charge in [-0.25, -0.2) is 23.1 Å². The Labute approximate surface area is 214 Å². The zero-order valence-electron chi connectivity index (χ0n) is 18.2. The van der Waals surface area contributed by atoms with Gasteiger partial charge in [0.1, 0.15) is 11.2 Å². The number of para-hydroxylation sites is 2. The first-order valence-corrected chi connectivity index (χ1v) is 13.9. The van der Waals surface area contributed by atoms with Crippen molar-refractivity contribution in [3.05, 3.63) is 89.4 Å². The Bertz CT molecular complexity index is 1690. The quantitative estimate of drug-likeness (QED) is 0.270. The highest BCUT2D eigenvalue weighted by Crippen LogP contribution is 2.23. The van der Waals surface area contributed by atoms with Crippen LogP contribution in [0.1, 0.15) is 0 Å². The van der Waals surface area contributed by atoms with Crippen molar-refractivity contribution >= 4 is 69.6 Å². The van der Waals surface area contributed by atoms with Crippen molar-refractivity contribution in [2.75, 3.05) is 5.32 Å². The maximum absolute atomic E-state index is 12.2. The summed E-state index contributed by atoms with van der Waals surface area (Å²) in [5, 5.41) is 8.19. The predicted molar refractivity (Wildman–Crippen MR) is 137 cm³/mol. The molecule has 0 aliphatic carbocycles. The number of carbonyl (C=O) groups excluding carboxylic acids is 1. The van der Waals surface area contributed by atoms with Crippen LogP contribution in [-0.2, 0) is 20.0 Å². The third-order valence-corrected chi connectivity index (χ3v) is 7.16. The van der Waals surface area contributed by atoms with Gasteiger partial charge in [-0.05, 0) is 36.4 Å². The lowest BCUT2D eigenvalue weighted by atomic mass is 10.3. The smallest absolute Gasteiger partial charge is 0.333 e. The van der Waals surface area contributed by atoms with E-state index in [0.717, 1.165) is 9.86 Å². The highest BCUT2D eigenvalue weighted by molar-refractivity contribution is 9.10. The summed E-state index contributed by atoms with van der Waals surface area (Å²) >= 11 is 3.27. The third-order valence-electron chi connectivity index (χ3n) is 4.68. The summed E-state index contributed by atoms with van der Waals surface area (Å²) in [6.45, 7) is 0. The van der Waals surface area contributed by atoms with Gasteiger partial charge in [-0.2, -0.15) is 8.42 Å². The van der Waals surface area contributed by atoms with Crippen LogP contribution in [0.4, 0.5) is 10.5 Å². The van der Waals surface area contributed by atoms with Crippen molar-refractivity contribution in [1.29, 1.82) is 0 Å². The van der Waals surface area contributed by atoms with Gasteiger partial charge >= 0.3 is 6.03 Å². The predicted octanol–water partition coefficient (Wildman–Crippen LogP) is 4.79. The number of hydrogen-bond donors (Lipinski definition) is 3. The molecule has 0 aliphatic rings. The Morgan fingerprint density at radius 2 is 1.25 bits per heavy atom. The maximum Gasteiger partial charge on any atom is 0.333 e. The van der Waals surface area contributed by atoms with E-state index in [1.165, 1.54) is 12.1 Å². The average Bonchev–Trinajstić information content (AvgIpc) is 3.45. The highest BCUT2D eigenvalue weighted by atomic mass is 79.9. The highest BCUT2D eigenvalue weighted by Gasteiger charge is 2.22. The number of anilines is 1. The number of rotatable bonds is 4. The molecule has 0 radical (unpaired) electrons. The van der Waals surface area contributed by atoms with Gasteiger partial charge in [0, 0.05) is 33.1 Å². The summed E-state index contributed by atoms with van der Waals surface area (Å²) in [6, 6.07) is 22.5. The number of primary sulfonamides is 1. The van der Waals surface area contributed by atoms with Crippen LogP contribution in [0.2, 0.25) is 0 Å². The fraction of sp³-hybridized carbons (Fsp3) is 0. The van der Waals surface area contributed by atoms with Gasteiger partial charge in [0.2, 0.25) is 10.2 Å². The van der Waals surface area contributed by atoms with E-state index in [1.54, 1.807) is 72.8 Å². The van der Waals surface area contributed by atoms with Gasteiger partial charge in [0.15, 0.2) is 0 Å². The lowest BCUT2D eigenvalue weighted by Crippen LogP contribution is -2.34. The standard InChI is InChI=1S/C15H11BrN2O4S.C8H7NO3S/c16-11-5-7-12(8-6-11)17-15(19)18-23(20,21)14-9-10-3-1-2-4-13(10)22-14;9-13(10,11)8-5-6-3-1-2-4-7(6)12-8/h1-9H,(H2,17,18,19);1-5H,(H2,9,10,11). The van der Waals surface area contributed by atoms with Crippen LogP contribution in [0, 0.1) is 0 Å². The molecule has 0 aliphatic heterocycles. The molecule has 4 N–H and O–H groups in total. The summed E-state index contributed by atoms with van der Waals surface area (Å²) in [7, 11) is -7.82. The number of nitrogens with two attached hydrogens (primary N) is 1. The molecule has 5 rings (SSSR count). The molecule has 36 heavy (non-hydrogen) atoms. The summed E-state index contributed by atoms with van der Waals surface area (Å²) < 4.78 is 59.2. The number of urea groups is 1. The minimum atomic E-state index is -4.09. The second-order valence-electron chi connectivity index (χ2n) is 7.32. The number of sulfonamides is 2. The van der Waals surface area contributed by atoms with Crippen molar-refractivity contribution in [3.8, 4) is 0 Å². The molecule has 2 heterocycles. The van der Waals surface area contributed by atoms with Crippen LogP contribution in [0.15, 0.2) is 108 Å². The Hall–Kier alpha value is -3.65. The fourth-order valence-electron chi connectivity index (χ4n) is 3.05. The van der Waals surface area contributed by atoms with E-state index >= 15 is 0 Å². The first kappa shape index (κ1) is 25.4. The molecule has 13 heteroatoms. The molecule has 0 spiro atoms. The molecule has 186 valence electrons. The molecule has 2 aromatic heterocycles. The fourth-order valence-corrected chi connectivity index (χ4v) is 4.69. The summed E-state index contributed by atoms with van der Waals surface area (Å²) in [6.07, 6.45) is 0. The number of carbonyl (C=O) groups is 1. The largest absolute Gasteiger partial charge is 0.443 e. The van der Waals surface area contributed by atoms with E-state index in [1.807, 2.05) is 4.72 Å². The first-order valence-electron chi connectivity index (χ1n) is 10.1. The van der Waals surface area contributed by atoms with Gasteiger partial charge in [-0.15, -0.1) is 0 Å². The average molecular weight is 592 g/mol. The Balaban J connectivity index is 0.000000197. The van der Waals surface area contributed by atoms with Crippen LogP contribution >= 0.6 is 15.9 Å². The van der Waals surface area contributed by atoms with Crippen molar-refractivity contribution in [2.45, 2.75) is 10.2 Å². The zero-order valence-corrected chi connectivity index (χ0v) is 21.4. The number of hydrogen-bond acceptors (Lipinski definition) is 7. The Morgan fingerprint density at radius 3 is 1.78 bits per heavy atom. The second kappa shape index (κ2) is 10.1. The first-order chi connectivity index (χ1) is 17.0. The number of halogens is 1. The number of fused-ring (bicyclic) bond motifs is 2. The molecular weight excluding hydrogens is 574 g/mol. The molecule has 0 saturated carbocycles. The number of furan rings is 2. The number of amides is 2. The molecule has 10 nitrogen and oxygen atoms in total. The van der Waals surface area contributed by atoms with E-state index in [9.17, 15) is 21.6 Å². The second-order valence-corrected chi connectivity index (χ2v) is 11.3. The van der Waals surface area contributed by atoms with E-state index in [0.29, 0.717) is 22.2 Å². The molecule has 0 bridgehead atoms. The van der Waals surface area contributed by atoms with E-state index in [4.69, 9.17) is 14.0 Å². The third kappa shape index (κ3) is 6.12. The molecular formula is C23H18BrN3O7S2. The van der Waals surface area contributed by atoms with Crippen LogP contribution in [-0.4, -0.2) is 22.9 Å². The molecule has 3 aromatic carbocycles. The zero-order chi connectivity index (χ0) is 25.9. The summed E-state index contributed by atoms with van der Waals surface area (Å²) in [5.74, 6) is 0. The van der Waals surface area contributed by atoms with Crippen molar-refractivity contribution < 1.29 is 30.5 Å². The van der Waals surface area contributed by atoms with Crippen molar-refractivity contribution in [1.82, 2.24) is 4.72 Å². The molecule has 0 atom stereocenters. The maximum atomic E-state index is 12.2. The lowest BCUT2D eigenvalue weighted by Gasteiger charge is -2.06. The summed E-state index contributed by atoms with van der Waals surface area (Å²) in [5.41, 5.74) is 1.42. The SMILES string of the molecule is NS(=O)(=O)c1cc2ccccc2o1.O=C(Nc1ccc(Br)cc1)NS(=O)(=O)c1cc2ccccc2o1. The van der Waals surface area contributed by atoms with Crippen molar-refractivity contribution in [3.63, 3.8) is 0 Å². The van der Waals surface area contributed by atoms with Crippen molar-refractivity contribution in [2.24, 2.45) is 5.14 Å². The summed E-state index contributed by atoms with van der Waals surface area (Å²) in [4.78, 5) is 11.8. The van der Waals surface area contributed by atoms with Gasteiger partial charge in [-0.1, -0.05) is 52.3 Å². The van der Waals surface area contributed by atoms with Gasteiger partial charge in [0.05, 0.1) is 0 Å². The molecule has 2 amide bonds. The van der Waals surface area contributed by atoms with Crippen LogP contribution in [0.3, 0.4) is 0 Å².